The summed E-state index contributed by atoms with van der Waals surface area (Å²) >= 11 is 0. The summed E-state index contributed by atoms with van der Waals surface area (Å²) in [5.41, 5.74) is 0. The highest BCUT2D eigenvalue weighted by molar-refractivity contribution is 5.19. The van der Waals surface area contributed by atoms with E-state index < -0.39 is 0 Å². The fourth-order valence-electron chi connectivity index (χ4n) is 1.06. The number of methoxy groups -OCH3 is 1. The molecule has 0 fully saturated rings. The largest absolute Gasteiger partial charge is 0.500 e. The minimum absolute atomic E-state index is 0.384. The van der Waals surface area contributed by atoms with Gasteiger partial charge in [-0.3, -0.25) is 0 Å². The monoisotopic (exact) mass is 136 g/mol. The third kappa shape index (κ3) is 1.29. The van der Waals surface area contributed by atoms with Crippen LogP contribution in [0.2, 0.25) is 0 Å². The van der Waals surface area contributed by atoms with Gasteiger partial charge in [-0.15, -0.1) is 6.58 Å². The third-order valence-corrected chi connectivity index (χ3v) is 1.67. The summed E-state index contributed by atoms with van der Waals surface area (Å²) in [6.07, 6.45) is 9.05. The van der Waals surface area contributed by atoms with E-state index in [1.807, 2.05) is 18.2 Å². The molecule has 1 nitrogen and oxygen atoms in total. The standard InChI is InChI=1S/C9H12O/c1-3-8-6-4-5-7-9(8)10-2/h3-5,7-8H,1,6H2,2H3. The van der Waals surface area contributed by atoms with Gasteiger partial charge < -0.3 is 4.74 Å². The Morgan fingerprint density at radius 1 is 1.80 bits per heavy atom. The van der Waals surface area contributed by atoms with E-state index >= 15 is 0 Å². The van der Waals surface area contributed by atoms with Gasteiger partial charge in [0.25, 0.3) is 0 Å². The third-order valence-electron chi connectivity index (χ3n) is 1.67. The fraction of sp³-hybridized carbons (Fsp3) is 0.333. The molecule has 1 heteroatoms. The highest BCUT2D eigenvalue weighted by Crippen LogP contribution is 2.21. The average molecular weight is 136 g/mol. The van der Waals surface area contributed by atoms with Crippen LogP contribution in [0.15, 0.2) is 36.6 Å². The highest BCUT2D eigenvalue weighted by atomic mass is 16.5. The van der Waals surface area contributed by atoms with E-state index in [0.717, 1.165) is 12.2 Å². The van der Waals surface area contributed by atoms with Crippen molar-refractivity contribution in [2.24, 2.45) is 5.92 Å². The maximum Gasteiger partial charge on any atom is 0.103 e. The molecule has 0 spiro atoms. The van der Waals surface area contributed by atoms with Crippen LogP contribution in [0.5, 0.6) is 0 Å². The van der Waals surface area contributed by atoms with Gasteiger partial charge in [-0.2, -0.15) is 0 Å². The van der Waals surface area contributed by atoms with E-state index in [-0.39, 0.29) is 0 Å². The quantitative estimate of drug-likeness (QED) is 0.529. The lowest BCUT2D eigenvalue weighted by molar-refractivity contribution is 0.255. The van der Waals surface area contributed by atoms with Crippen LogP contribution in [-0.2, 0) is 4.74 Å². The number of rotatable bonds is 2. The highest BCUT2D eigenvalue weighted by Gasteiger charge is 2.10. The zero-order chi connectivity index (χ0) is 7.40. The van der Waals surface area contributed by atoms with Crippen molar-refractivity contribution in [3.8, 4) is 0 Å². The summed E-state index contributed by atoms with van der Waals surface area (Å²) in [6.45, 7) is 3.73. The van der Waals surface area contributed by atoms with Crippen molar-refractivity contribution in [3.05, 3.63) is 36.6 Å². The molecule has 0 saturated heterocycles. The Morgan fingerprint density at radius 2 is 2.60 bits per heavy atom. The molecule has 0 aliphatic heterocycles. The van der Waals surface area contributed by atoms with Crippen molar-refractivity contribution in [3.63, 3.8) is 0 Å². The van der Waals surface area contributed by atoms with Crippen LogP contribution in [0.25, 0.3) is 0 Å². The molecule has 0 saturated carbocycles. The molecule has 1 aliphatic carbocycles. The lowest BCUT2D eigenvalue weighted by Gasteiger charge is -2.15. The van der Waals surface area contributed by atoms with Gasteiger partial charge in [0.1, 0.15) is 5.76 Å². The van der Waals surface area contributed by atoms with E-state index in [0.29, 0.717) is 5.92 Å². The first kappa shape index (κ1) is 7.13. The zero-order valence-electron chi connectivity index (χ0n) is 6.21. The van der Waals surface area contributed by atoms with Crippen molar-refractivity contribution < 1.29 is 4.74 Å². The average Bonchev–Trinajstić information content (AvgIpc) is 2.04. The molecule has 54 valence electrons. The summed E-state index contributed by atoms with van der Waals surface area (Å²) in [4.78, 5) is 0. The topological polar surface area (TPSA) is 9.23 Å². The second kappa shape index (κ2) is 3.25. The molecular weight excluding hydrogens is 124 g/mol. The SMILES string of the molecule is C=CC1CC=CC=C1OC. The van der Waals surface area contributed by atoms with Gasteiger partial charge in [-0.1, -0.05) is 18.2 Å². The summed E-state index contributed by atoms with van der Waals surface area (Å²) in [5.74, 6) is 1.40. The molecule has 0 amide bonds. The van der Waals surface area contributed by atoms with Gasteiger partial charge in [0, 0.05) is 5.92 Å². The maximum absolute atomic E-state index is 5.13. The number of hydrogen-bond donors (Lipinski definition) is 0. The zero-order valence-corrected chi connectivity index (χ0v) is 6.21. The van der Waals surface area contributed by atoms with Crippen molar-refractivity contribution in [2.45, 2.75) is 6.42 Å². The second-order valence-electron chi connectivity index (χ2n) is 2.28. The molecule has 0 heterocycles. The molecule has 0 bridgehead atoms. The van der Waals surface area contributed by atoms with Gasteiger partial charge in [0.2, 0.25) is 0 Å². The van der Waals surface area contributed by atoms with Crippen molar-refractivity contribution in [2.75, 3.05) is 7.11 Å². The number of hydrogen-bond acceptors (Lipinski definition) is 1. The van der Waals surface area contributed by atoms with E-state index in [2.05, 4.69) is 12.7 Å². The number of ether oxygens (including phenoxy) is 1. The Hall–Kier alpha value is -0.980. The van der Waals surface area contributed by atoms with Gasteiger partial charge in [-0.05, 0) is 12.5 Å². The van der Waals surface area contributed by atoms with Crippen LogP contribution >= 0.6 is 0 Å². The van der Waals surface area contributed by atoms with Crippen LogP contribution in [0.1, 0.15) is 6.42 Å². The molecule has 1 atom stereocenters. The van der Waals surface area contributed by atoms with Crippen LogP contribution < -0.4 is 0 Å². The lowest BCUT2D eigenvalue weighted by atomic mass is 9.99. The van der Waals surface area contributed by atoms with Gasteiger partial charge in [0.05, 0.1) is 7.11 Å². The molecule has 1 unspecified atom stereocenters. The van der Waals surface area contributed by atoms with Gasteiger partial charge in [-0.25, -0.2) is 0 Å². The number of allylic oxidation sites excluding steroid dienone is 4. The molecule has 0 aromatic heterocycles. The van der Waals surface area contributed by atoms with Crippen molar-refractivity contribution >= 4 is 0 Å². The molecule has 10 heavy (non-hydrogen) atoms. The van der Waals surface area contributed by atoms with Crippen LogP contribution in [0, 0.1) is 5.92 Å². The Bertz CT molecular complexity index is 177. The Morgan fingerprint density at radius 3 is 3.10 bits per heavy atom. The smallest absolute Gasteiger partial charge is 0.103 e. The van der Waals surface area contributed by atoms with Crippen LogP contribution in [-0.4, -0.2) is 7.11 Å². The van der Waals surface area contributed by atoms with Crippen LogP contribution in [0.3, 0.4) is 0 Å². The van der Waals surface area contributed by atoms with Crippen molar-refractivity contribution in [1.82, 2.24) is 0 Å². The first-order valence-electron chi connectivity index (χ1n) is 3.41. The molecule has 0 radical (unpaired) electrons. The predicted molar refractivity (Wildman–Crippen MR) is 42.5 cm³/mol. The molecule has 0 aromatic rings. The van der Waals surface area contributed by atoms with Gasteiger partial charge >= 0.3 is 0 Å². The first-order valence-corrected chi connectivity index (χ1v) is 3.41. The lowest BCUT2D eigenvalue weighted by Crippen LogP contribution is -2.03. The minimum atomic E-state index is 0.384. The molecule has 1 rings (SSSR count). The van der Waals surface area contributed by atoms with Crippen molar-refractivity contribution in [1.29, 1.82) is 0 Å². The minimum Gasteiger partial charge on any atom is -0.500 e. The van der Waals surface area contributed by atoms with E-state index in [9.17, 15) is 0 Å². The Kier molecular flexibility index (Phi) is 2.32. The van der Waals surface area contributed by atoms with Gasteiger partial charge in [0.15, 0.2) is 0 Å². The maximum atomic E-state index is 5.13. The summed E-state index contributed by atoms with van der Waals surface area (Å²) in [5, 5.41) is 0. The Balaban J connectivity index is 2.69. The molecule has 0 N–H and O–H groups in total. The second-order valence-corrected chi connectivity index (χ2v) is 2.28. The normalized spacial score (nSPS) is 23.7. The van der Waals surface area contributed by atoms with E-state index in [1.165, 1.54) is 0 Å². The molecule has 0 aromatic carbocycles. The van der Waals surface area contributed by atoms with E-state index in [1.54, 1.807) is 7.11 Å². The van der Waals surface area contributed by atoms with Crippen LogP contribution in [0.4, 0.5) is 0 Å². The molecular formula is C9H12O. The van der Waals surface area contributed by atoms with E-state index in [4.69, 9.17) is 4.74 Å². The predicted octanol–water partition coefficient (Wildman–Crippen LogP) is 2.28. The first-order chi connectivity index (χ1) is 4.88. The summed E-state index contributed by atoms with van der Waals surface area (Å²) < 4.78 is 5.13. The fourth-order valence-corrected chi connectivity index (χ4v) is 1.06. The Labute approximate surface area is 61.7 Å². The summed E-state index contributed by atoms with van der Waals surface area (Å²) in [6, 6.07) is 0. The summed E-state index contributed by atoms with van der Waals surface area (Å²) in [7, 11) is 1.70. The molecule has 1 aliphatic rings.